The number of halogens is 1. The van der Waals surface area contributed by atoms with Crippen molar-refractivity contribution in [1.82, 2.24) is 15.2 Å². The van der Waals surface area contributed by atoms with Gasteiger partial charge in [0.05, 0.1) is 12.8 Å². The number of carbonyl (C=O) groups excluding carboxylic acids is 1. The van der Waals surface area contributed by atoms with E-state index in [9.17, 15) is 9.59 Å². The summed E-state index contributed by atoms with van der Waals surface area (Å²) >= 11 is 7.00. The molecule has 7 nitrogen and oxygen atoms in total. The Bertz CT molecular complexity index is 772. The van der Waals surface area contributed by atoms with Gasteiger partial charge in [-0.15, -0.1) is 0 Å². The molecule has 0 radical (unpaired) electrons. The lowest BCUT2D eigenvalue weighted by Gasteiger charge is -2.10. The fourth-order valence-corrected chi connectivity index (χ4v) is 3.32. The fraction of sp³-hybridized carbons (Fsp3) is 0.429. The van der Waals surface area contributed by atoms with Crippen molar-refractivity contribution >= 4 is 34.0 Å². The first-order chi connectivity index (χ1) is 11.0. The fourth-order valence-electron chi connectivity index (χ4n) is 2.22. The summed E-state index contributed by atoms with van der Waals surface area (Å²) in [7, 11) is 1.28. The number of anilines is 1. The van der Waals surface area contributed by atoms with Crippen molar-refractivity contribution in [1.29, 1.82) is 0 Å². The van der Waals surface area contributed by atoms with Crippen LogP contribution in [0.25, 0.3) is 0 Å². The summed E-state index contributed by atoms with van der Waals surface area (Å²) in [5.74, 6) is -0.537. The molecule has 2 aromatic heterocycles. The summed E-state index contributed by atoms with van der Waals surface area (Å²) in [6.07, 6.45) is 1.45. The molecule has 2 aromatic rings. The number of methoxy groups -OCH3 is 1. The molecule has 0 saturated heterocycles. The Balaban J connectivity index is 2.25. The number of carbonyl (C=O) groups is 1. The van der Waals surface area contributed by atoms with Crippen molar-refractivity contribution in [2.45, 2.75) is 33.2 Å². The first-order valence-electron chi connectivity index (χ1n) is 7.09. The van der Waals surface area contributed by atoms with E-state index in [4.69, 9.17) is 11.6 Å². The molecule has 0 atom stereocenters. The van der Waals surface area contributed by atoms with Crippen molar-refractivity contribution in [3.8, 4) is 0 Å². The van der Waals surface area contributed by atoms with Crippen LogP contribution in [0, 0.1) is 0 Å². The third-order valence-corrected chi connectivity index (χ3v) is 4.72. The SMILES string of the molecule is CCc1n[nH]c(=O)c(CNc2nc(Cl)c(C(=O)OC)s2)c1CC. The van der Waals surface area contributed by atoms with Gasteiger partial charge in [-0.05, 0) is 18.4 Å². The van der Waals surface area contributed by atoms with E-state index in [0.29, 0.717) is 17.1 Å². The summed E-state index contributed by atoms with van der Waals surface area (Å²) < 4.78 is 4.64. The molecule has 0 unspecified atom stereocenters. The molecule has 124 valence electrons. The minimum Gasteiger partial charge on any atom is -0.465 e. The van der Waals surface area contributed by atoms with E-state index < -0.39 is 5.97 Å². The third kappa shape index (κ3) is 3.70. The molecule has 0 aliphatic carbocycles. The first-order valence-corrected chi connectivity index (χ1v) is 8.29. The van der Waals surface area contributed by atoms with Crippen LogP contribution in [0.1, 0.15) is 40.3 Å². The largest absolute Gasteiger partial charge is 0.465 e. The third-order valence-electron chi connectivity index (χ3n) is 3.34. The van der Waals surface area contributed by atoms with Crippen LogP contribution in [-0.2, 0) is 24.1 Å². The van der Waals surface area contributed by atoms with E-state index in [1.54, 1.807) is 0 Å². The summed E-state index contributed by atoms with van der Waals surface area (Å²) in [6, 6.07) is 0. The average molecular weight is 357 g/mol. The number of hydrogen-bond acceptors (Lipinski definition) is 7. The number of hydrogen-bond donors (Lipinski definition) is 2. The van der Waals surface area contributed by atoms with E-state index in [2.05, 4.69) is 25.2 Å². The van der Waals surface area contributed by atoms with Crippen molar-refractivity contribution in [2.75, 3.05) is 12.4 Å². The van der Waals surface area contributed by atoms with Gasteiger partial charge in [-0.25, -0.2) is 14.9 Å². The highest BCUT2D eigenvalue weighted by Gasteiger charge is 2.18. The van der Waals surface area contributed by atoms with Gasteiger partial charge in [0.25, 0.3) is 5.56 Å². The van der Waals surface area contributed by atoms with Gasteiger partial charge in [0.2, 0.25) is 0 Å². The number of aromatic nitrogens is 3. The van der Waals surface area contributed by atoms with Crippen LogP contribution in [0.3, 0.4) is 0 Å². The molecular weight excluding hydrogens is 340 g/mol. The molecule has 0 amide bonds. The maximum atomic E-state index is 12.0. The van der Waals surface area contributed by atoms with Crippen molar-refractivity contribution in [3.63, 3.8) is 0 Å². The zero-order valence-corrected chi connectivity index (χ0v) is 14.6. The van der Waals surface area contributed by atoms with Crippen LogP contribution < -0.4 is 10.9 Å². The second-order valence-electron chi connectivity index (χ2n) is 4.65. The molecule has 9 heteroatoms. The number of aryl methyl sites for hydroxylation is 1. The molecule has 0 aliphatic heterocycles. The lowest BCUT2D eigenvalue weighted by atomic mass is 10.0. The number of esters is 1. The lowest BCUT2D eigenvalue weighted by molar-refractivity contribution is 0.0606. The van der Waals surface area contributed by atoms with Gasteiger partial charge >= 0.3 is 5.97 Å². The standard InChI is InChI=1S/C14H17ClN4O3S/c1-4-7-8(12(20)19-18-9(7)5-2)6-16-14-17-11(15)10(23-14)13(21)22-3/h4-6H2,1-3H3,(H,16,17)(H,19,20). The molecule has 2 rings (SSSR count). The summed E-state index contributed by atoms with van der Waals surface area (Å²) in [5.41, 5.74) is 2.18. The normalized spacial score (nSPS) is 10.6. The number of rotatable bonds is 6. The van der Waals surface area contributed by atoms with Crippen LogP contribution in [0.2, 0.25) is 5.15 Å². The number of thiazole rings is 1. The highest BCUT2D eigenvalue weighted by molar-refractivity contribution is 7.18. The van der Waals surface area contributed by atoms with Gasteiger partial charge in [0, 0.05) is 12.1 Å². The van der Waals surface area contributed by atoms with E-state index >= 15 is 0 Å². The van der Waals surface area contributed by atoms with Crippen LogP contribution >= 0.6 is 22.9 Å². The van der Waals surface area contributed by atoms with Gasteiger partial charge in [-0.2, -0.15) is 5.10 Å². The smallest absolute Gasteiger partial charge is 0.351 e. The zero-order valence-electron chi connectivity index (χ0n) is 13.0. The number of nitrogens with one attached hydrogen (secondary N) is 2. The molecule has 0 aliphatic rings. The van der Waals surface area contributed by atoms with E-state index in [-0.39, 0.29) is 22.1 Å². The number of H-pyrrole nitrogens is 1. The quantitative estimate of drug-likeness (QED) is 0.771. The van der Waals surface area contributed by atoms with Crippen LogP contribution in [0.4, 0.5) is 5.13 Å². The average Bonchev–Trinajstić information content (AvgIpc) is 2.93. The Hall–Kier alpha value is -1.93. The predicted octanol–water partition coefficient (Wildman–Crippen LogP) is 2.40. The topological polar surface area (TPSA) is 97.0 Å². The Morgan fingerprint density at radius 3 is 2.70 bits per heavy atom. The molecular formula is C14H17ClN4O3S. The van der Waals surface area contributed by atoms with Gasteiger partial charge in [-0.3, -0.25) is 4.79 Å². The van der Waals surface area contributed by atoms with E-state index in [0.717, 1.165) is 29.0 Å². The second kappa shape index (κ2) is 7.56. The van der Waals surface area contributed by atoms with E-state index in [1.807, 2.05) is 13.8 Å². The Morgan fingerprint density at radius 2 is 2.09 bits per heavy atom. The van der Waals surface area contributed by atoms with Crippen molar-refractivity contribution < 1.29 is 9.53 Å². The summed E-state index contributed by atoms with van der Waals surface area (Å²) in [5, 5.41) is 10.2. The minimum absolute atomic E-state index is 0.0814. The molecule has 23 heavy (non-hydrogen) atoms. The molecule has 0 aromatic carbocycles. The first kappa shape index (κ1) is 17.4. The number of nitrogens with zero attached hydrogens (tertiary/aromatic N) is 2. The second-order valence-corrected chi connectivity index (χ2v) is 6.00. The van der Waals surface area contributed by atoms with Crippen molar-refractivity contribution in [3.05, 3.63) is 37.2 Å². The maximum absolute atomic E-state index is 12.0. The Morgan fingerprint density at radius 1 is 1.35 bits per heavy atom. The zero-order chi connectivity index (χ0) is 17.0. The summed E-state index contributed by atoms with van der Waals surface area (Å²) in [4.78, 5) is 27.9. The lowest BCUT2D eigenvalue weighted by Crippen LogP contribution is -2.22. The maximum Gasteiger partial charge on any atom is 0.351 e. The molecule has 0 bridgehead atoms. The molecule has 0 spiro atoms. The molecule has 2 N–H and O–H groups in total. The van der Waals surface area contributed by atoms with Crippen molar-refractivity contribution in [2.24, 2.45) is 0 Å². The van der Waals surface area contributed by atoms with Gasteiger partial charge in [0.15, 0.2) is 15.2 Å². The van der Waals surface area contributed by atoms with Crippen LogP contribution in [-0.4, -0.2) is 28.3 Å². The Labute approximate surface area is 142 Å². The van der Waals surface area contributed by atoms with Crippen LogP contribution in [0.5, 0.6) is 0 Å². The highest BCUT2D eigenvalue weighted by Crippen LogP contribution is 2.27. The molecule has 0 fully saturated rings. The molecule has 2 heterocycles. The van der Waals surface area contributed by atoms with Gasteiger partial charge in [0.1, 0.15) is 0 Å². The monoisotopic (exact) mass is 356 g/mol. The minimum atomic E-state index is -0.537. The van der Waals surface area contributed by atoms with Gasteiger partial charge < -0.3 is 10.1 Å². The molecule has 0 saturated carbocycles. The highest BCUT2D eigenvalue weighted by atomic mass is 35.5. The number of ether oxygens (including phenoxy) is 1. The van der Waals surface area contributed by atoms with Gasteiger partial charge in [-0.1, -0.05) is 36.8 Å². The Kier molecular flexibility index (Phi) is 5.73. The summed E-state index contributed by atoms with van der Waals surface area (Å²) in [6.45, 7) is 4.24. The predicted molar refractivity (Wildman–Crippen MR) is 89.4 cm³/mol. The number of aromatic amines is 1. The van der Waals surface area contributed by atoms with E-state index in [1.165, 1.54) is 7.11 Å². The van der Waals surface area contributed by atoms with Crippen LogP contribution in [0.15, 0.2) is 4.79 Å².